The second-order valence-electron chi connectivity index (χ2n) is 12.1. The molecule has 0 bridgehead atoms. The van der Waals surface area contributed by atoms with Gasteiger partial charge < -0.3 is 33.6 Å². The highest BCUT2D eigenvalue weighted by Crippen LogP contribution is 2.30. The van der Waals surface area contributed by atoms with Crippen molar-refractivity contribution in [2.75, 3.05) is 57.9 Å². The van der Waals surface area contributed by atoms with Gasteiger partial charge in [-0.05, 0) is 75.7 Å². The van der Waals surface area contributed by atoms with Gasteiger partial charge in [0.25, 0.3) is 5.91 Å². The number of esters is 1. The van der Waals surface area contributed by atoms with E-state index < -0.39 is 5.60 Å². The molecule has 0 spiro atoms. The van der Waals surface area contributed by atoms with Crippen molar-refractivity contribution in [1.82, 2.24) is 14.7 Å². The number of morpholine rings is 1. The molecule has 3 aliphatic heterocycles. The highest BCUT2D eigenvalue weighted by atomic mass is 16.6. The molecule has 0 N–H and O–H groups in total. The Kier molecular flexibility index (Phi) is 9.28. The van der Waals surface area contributed by atoms with Gasteiger partial charge in [-0.15, -0.1) is 0 Å². The number of anilines is 1. The number of hydrogen-bond donors (Lipinski definition) is 0. The molecule has 12 nitrogen and oxygen atoms in total. The van der Waals surface area contributed by atoms with Crippen molar-refractivity contribution >= 4 is 29.7 Å². The van der Waals surface area contributed by atoms with Gasteiger partial charge in [-0.3, -0.25) is 14.5 Å². The predicted octanol–water partition coefficient (Wildman–Crippen LogP) is 4.13. The lowest BCUT2D eigenvalue weighted by atomic mass is 10.1. The average Bonchev–Trinajstić information content (AvgIpc) is 3.35. The third-order valence-electron chi connectivity index (χ3n) is 7.89. The summed E-state index contributed by atoms with van der Waals surface area (Å²) in [6.07, 6.45) is 0.335. The molecule has 0 aromatic heterocycles. The summed E-state index contributed by atoms with van der Waals surface area (Å²) in [4.78, 5) is 57.5. The van der Waals surface area contributed by atoms with Crippen LogP contribution in [0.25, 0.3) is 0 Å². The molecule has 0 unspecified atom stereocenters. The van der Waals surface area contributed by atoms with E-state index in [0.717, 1.165) is 5.69 Å². The summed E-state index contributed by atoms with van der Waals surface area (Å²) in [7, 11) is 1.35. The lowest BCUT2D eigenvalue weighted by Crippen LogP contribution is -2.54. The number of rotatable bonds is 7. The van der Waals surface area contributed by atoms with E-state index in [1.54, 1.807) is 51.1 Å². The quantitative estimate of drug-likeness (QED) is 0.431. The fourth-order valence-corrected chi connectivity index (χ4v) is 5.62. The van der Waals surface area contributed by atoms with Crippen molar-refractivity contribution < 1.29 is 38.1 Å². The van der Waals surface area contributed by atoms with Crippen molar-refractivity contribution in [1.29, 1.82) is 0 Å². The van der Waals surface area contributed by atoms with E-state index in [0.29, 0.717) is 69.4 Å². The van der Waals surface area contributed by atoms with E-state index >= 15 is 0 Å². The third kappa shape index (κ3) is 7.24. The summed E-state index contributed by atoms with van der Waals surface area (Å²) < 4.78 is 21.8. The number of hydrogen-bond acceptors (Lipinski definition) is 8. The standard InChI is InChI=1S/C32H40N4O8/c1-32(2,3)44-31(40)33-15-16-35-25(19-33)20-36(30(35)39)23-7-12-27(13-8-23)43-26-10-5-22(6-11-26)29(38)34-17-18-42-21-24(34)9-14-28(37)41-4/h5-8,10-13,24-25H,9,14-21H2,1-4H3/t24-,25-/m0/s1. The van der Waals surface area contributed by atoms with E-state index in [-0.39, 0.29) is 42.5 Å². The van der Waals surface area contributed by atoms with Crippen molar-refractivity contribution in [3.05, 3.63) is 54.1 Å². The number of carbonyl (C=O) groups is 4. The molecule has 0 aliphatic carbocycles. The molecular formula is C32H40N4O8. The Balaban J connectivity index is 1.16. The van der Waals surface area contributed by atoms with Gasteiger partial charge in [0, 0.05) is 50.4 Å². The van der Waals surface area contributed by atoms with Crippen LogP contribution in [0.2, 0.25) is 0 Å². The topological polar surface area (TPSA) is 118 Å². The van der Waals surface area contributed by atoms with Crippen LogP contribution in [-0.4, -0.2) is 109 Å². The second kappa shape index (κ2) is 13.1. The maximum atomic E-state index is 13.2. The summed E-state index contributed by atoms with van der Waals surface area (Å²) in [6.45, 7) is 8.59. The van der Waals surface area contributed by atoms with E-state index in [9.17, 15) is 19.2 Å². The molecule has 4 amide bonds. The maximum absolute atomic E-state index is 13.2. The molecule has 0 saturated carbocycles. The molecule has 0 radical (unpaired) electrons. The van der Waals surface area contributed by atoms with Gasteiger partial charge in [0.2, 0.25) is 0 Å². The highest BCUT2D eigenvalue weighted by molar-refractivity contribution is 5.95. The van der Waals surface area contributed by atoms with Crippen LogP contribution in [0.15, 0.2) is 48.5 Å². The fraction of sp³-hybridized carbons (Fsp3) is 0.500. The maximum Gasteiger partial charge on any atom is 0.410 e. The summed E-state index contributed by atoms with van der Waals surface area (Å²) >= 11 is 0. The number of piperazine rings is 1. The SMILES string of the molecule is COC(=O)CC[C@H]1COCCN1C(=O)c1ccc(Oc2ccc(N3C[C@@H]4CN(C(=O)OC(C)(C)C)CCN4C3=O)cc2)cc1. The van der Waals surface area contributed by atoms with Crippen LogP contribution in [-0.2, 0) is 19.0 Å². The monoisotopic (exact) mass is 608 g/mol. The van der Waals surface area contributed by atoms with Gasteiger partial charge in [0.15, 0.2) is 0 Å². The second-order valence-corrected chi connectivity index (χ2v) is 12.1. The minimum atomic E-state index is -0.574. The van der Waals surface area contributed by atoms with Crippen molar-refractivity contribution in [3.63, 3.8) is 0 Å². The van der Waals surface area contributed by atoms with E-state index in [1.807, 2.05) is 37.8 Å². The van der Waals surface area contributed by atoms with Gasteiger partial charge in [-0.1, -0.05) is 0 Å². The smallest absolute Gasteiger partial charge is 0.410 e. The molecule has 3 aliphatic rings. The zero-order valence-electron chi connectivity index (χ0n) is 25.7. The first-order valence-corrected chi connectivity index (χ1v) is 14.9. The summed E-state index contributed by atoms with van der Waals surface area (Å²) in [5, 5.41) is 0. The first-order chi connectivity index (χ1) is 21.0. The third-order valence-corrected chi connectivity index (χ3v) is 7.89. The Morgan fingerprint density at radius 2 is 1.61 bits per heavy atom. The number of fused-ring (bicyclic) bond motifs is 1. The Hall–Kier alpha value is -4.32. The Morgan fingerprint density at radius 1 is 0.932 bits per heavy atom. The van der Waals surface area contributed by atoms with E-state index in [2.05, 4.69) is 0 Å². The molecule has 2 atom stereocenters. The lowest BCUT2D eigenvalue weighted by Gasteiger charge is -2.36. The van der Waals surface area contributed by atoms with E-state index in [1.165, 1.54) is 7.11 Å². The molecule has 3 fully saturated rings. The molecule has 3 saturated heterocycles. The molecule has 236 valence electrons. The molecule has 3 heterocycles. The number of carbonyl (C=O) groups excluding carboxylic acids is 4. The molecule has 2 aromatic carbocycles. The first-order valence-electron chi connectivity index (χ1n) is 14.9. The van der Waals surface area contributed by atoms with Crippen LogP contribution in [0.3, 0.4) is 0 Å². The minimum Gasteiger partial charge on any atom is -0.469 e. The minimum absolute atomic E-state index is 0.0828. The fourth-order valence-electron chi connectivity index (χ4n) is 5.62. The zero-order chi connectivity index (χ0) is 31.4. The molecule has 12 heteroatoms. The molecule has 44 heavy (non-hydrogen) atoms. The van der Waals surface area contributed by atoms with Crippen LogP contribution >= 0.6 is 0 Å². The summed E-state index contributed by atoms with van der Waals surface area (Å²) in [5.74, 6) is 0.714. The van der Waals surface area contributed by atoms with Crippen LogP contribution in [0.1, 0.15) is 44.0 Å². The van der Waals surface area contributed by atoms with Crippen LogP contribution in [0, 0.1) is 0 Å². The zero-order valence-corrected chi connectivity index (χ0v) is 25.7. The Morgan fingerprint density at radius 3 is 2.27 bits per heavy atom. The van der Waals surface area contributed by atoms with Gasteiger partial charge in [0.05, 0.1) is 32.4 Å². The van der Waals surface area contributed by atoms with Crippen molar-refractivity contribution in [2.45, 2.75) is 51.3 Å². The number of urea groups is 1. The van der Waals surface area contributed by atoms with Gasteiger partial charge in [0.1, 0.15) is 17.1 Å². The number of ether oxygens (including phenoxy) is 4. The molecule has 2 aromatic rings. The lowest BCUT2D eigenvalue weighted by molar-refractivity contribution is -0.141. The highest BCUT2D eigenvalue weighted by Gasteiger charge is 2.43. The Labute approximate surface area is 257 Å². The molecule has 5 rings (SSSR count). The van der Waals surface area contributed by atoms with Crippen molar-refractivity contribution in [2.24, 2.45) is 0 Å². The van der Waals surface area contributed by atoms with Crippen LogP contribution in [0.5, 0.6) is 11.5 Å². The average molecular weight is 609 g/mol. The van der Waals surface area contributed by atoms with Gasteiger partial charge in [-0.25, -0.2) is 9.59 Å². The van der Waals surface area contributed by atoms with Crippen LogP contribution < -0.4 is 9.64 Å². The molecular weight excluding hydrogens is 568 g/mol. The van der Waals surface area contributed by atoms with Crippen LogP contribution in [0.4, 0.5) is 15.3 Å². The summed E-state index contributed by atoms with van der Waals surface area (Å²) in [6, 6.07) is 13.8. The summed E-state index contributed by atoms with van der Waals surface area (Å²) in [5.41, 5.74) is 0.690. The number of benzene rings is 2. The normalized spacial score (nSPS) is 20.3. The van der Waals surface area contributed by atoms with Gasteiger partial charge in [-0.2, -0.15) is 0 Å². The van der Waals surface area contributed by atoms with Gasteiger partial charge >= 0.3 is 18.1 Å². The van der Waals surface area contributed by atoms with E-state index in [4.69, 9.17) is 18.9 Å². The predicted molar refractivity (Wildman–Crippen MR) is 161 cm³/mol. The number of nitrogens with zero attached hydrogens (tertiary/aromatic N) is 4. The van der Waals surface area contributed by atoms with Crippen molar-refractivity contribution in [3.8, 4) is 11.5 Å². The first kappa shape index (κ1) is 31.1. The number of amides is 4. The Bertz CT molecular complexity index is 1360. The largest absolute Gasteiger partial charge is 0.469 e. The number of methoxy groups -OCH3 is 1.